The first-order chi connectivity index (χ1) is 15.9. The van der Waals surface area contributed by atoms with Crippen LogP contribution in [0.1, 0.15) is 19.4 Å². The summed E-state index contributed by atoms with van der Waals surface area (Å²) in [6.07, 6.45) is 1.80. The molecule has 1 atom stereocenters. The van der Waals surface area contributed by atoms with E-state index >= 15 is 0 Å². The molecule has 10 nitrogen and oxygen atoms in total. The predicted molar refractivity (Wildman–Crippen MR) is 128 cm³/mol. The maximum Gasteiger partial charge on any atom is 0.343 e. The van der Waals surface area contributed by atoms with Gasteiger partial charge in [-0.3, -0.25) is 0 Å². The van der Waals surface area contributed by atoms with Crippen molar-refractivity contribution in [3.63, 3.8) is 0 Å². The van der Waals surface area contributed by atoms with E-state index in [2.05, 4.69) is 15.5 Å². The van der Waals surface area contributed by atoms with Crippen LogP contribution in [0.3, 0.4) is 0 Å². The number of benzene rings is 1. The fraction of sp³-hybridized carbons (Fsp3) is 0.333. The molecule has 2 aliphatic heterocycles. The Bertz CT molecular complexity index is 1050. The van der Waals surface area contributed by atoms with E-state index in [1.165, 1.54) is 23.5 Å². The van der Waals surface area contributed by atoms with E-state index in [-0.39, 0.29) is 42.0 Å². The molecule has 0 saturated carbocycles. The number of amidine groups is 1. The first kappa shape index (κ1) is 24.5. The van der Waals surface area contributed by atoms with Crippen molar-refractivity contribution in [3.8, 4) is 5.75 Å². The van der Waals surface area contributed by atoms with Gasteiger partial charge in [-0.1, -0.05) is 11.8 Å². The summed E-state index contributed by atoms with van der Waals surface area (Å²) in [5.74, 6) is -0.211. The molecule has 1 aromatic rings. The zero-order valence-electron chi connectivity index (χ0n) is 18.5. The summed E-state index contributed by atoms with van der Waals surface area (Å²) in [5, 5.41) is 3.36. The fourth-order valence-corrected chi connectivity index (χ4v) is 4.92. The Morgan fingerprint density at radius 3 is 2.52 bits per heavy atom. The van der Waals surface area contributed by atoms with E-state index in [1.807, 2.05) is 0 Å². The number of esters is 2. The van der Waals surface area contributed by atoms with E-state index in [0.717, 1.165) is 0 Å². The summed E-state index contributed by atoms with van der Waals surface area (Å²) in [5.41, 5.74) is 9.80. The molecule has 0 amide bonds. The molecule has 2 aliphatic rings. The lowest BCUT2D eigenvalue weighted by molar-refractivity contribution is -0.139. The Kier molecular flexibility index (Phi) is 8.28. The number of aliphatic imine (C=N–C) groups is 1. The van der Waals surface area contributed by atoms with Gasteiger partial charge in [-0.05, 0) is 44.4 Å². The third-order valence-electron chi connectivity index (χ3n) is 4.38. The number of hydrogen-bond donors (Lipinski definition) is 2. The minimum absolute atomic E-state index is 0.0294. The molecule has 1 aromatic carbocycles. The molecule has 3 rings (SSSR count). The van der Waals surface area contributed by atoms with E-state index in [4.69, 9.17) is 24.7 Å². The summed E-state index contributed by atoms with van der Waals surface area (Å²) < 4.78 is 21.9. The van der Waals surface area contributed by atoms with E-state index < -0.39 is 17.3 Å². The molecule has 0 spiro atoms. The maximum atomic E-state index is 12.9. The minimum atomic E-state index is -0.822. The average molecular weight is 493 g/mol. The fourth-order valence-electron chi connectivity index (χ4n) is 2.88. The number of nitrogens with zero attached hydrogens (tertiary/aromatic N) is 2. The highest BCUT2D eigenvalue weighted by molar-refractivity contribution is 8.22. The zero-order valence-corrected chi connectivity index (χ0v) is 20.2. The predicted octanol–water partition coefficient (Wildman–Crippen LogP) is 2.32. The van der Waals surface area contributed by atoms with E-state index in [0.29, 0.717) is 15.6 Å². The van der Waals surface area contributed by atoms with Crippen LogP contribution in [0.5, 0.6) is 5.75 Å². The van der Waals surface area contributed by atoms with Crippen LogP contribution in [0, 0.1) is 0 Å². The van der Waals surface area contributed by atoms with Crippen molar-refractivity contribution in [2.45, 2.75) is 19.2 Å². The summed E-state index contributed by atoms with van der Waals surface area (Å²) in [6, 6.07) is 7.09. The Morgan fingerprint density at radius 1 is 1.21 bits per heavy atom. The number of carbonyl (C=O) groups excluding carboxylic acids is 2. The number of nitrogens with two attached hydrogens (primary N) is 1. The zero-order chi connectivity index (χ0) is 24.0. The van der Waals surface area contributed by atoms with E-state index in [9.17, 15) is 9.59 Å². The molecule has 1 unspecified atom stereocenters. The van der Waals surface area contributed by atoms with Crippen molar-refractivity contribution in [3.05, 3.63) is 51.1 Å². The van der Waals surface area contributed by atoms with Crippen LogP contribution in [0.4, 0.5) is 0 Å². The molecule has 176 valence electrons. The minimum Gasteiger partial charge on any atom is -0.497 e. The third-order valence-corrected chi connectivity index (χ3v) is 6.73. The van der Waals surface area contributed by atoms with Crippen molar-refractivity contribution >= 4 is 47.2 Å². The highest BCUT2D eigenvalue weighted by atomic mass is 32.2. The number of hydrazone groups is 1. The molecular formula is C21H24N4O6S2. The molecule has 12 heteroatoms. The molecule has 0 aliphatic carbocycles. The van der Waals surface area contributed by atoms with Crippen LogP contribution < -0.4 is 15.9 Å². The van der Waals surface area contributed by atoms with Crippen LogP contribution >= 0.6 is 23.5 Å². The molecule has 0 radical (unpaired) electrons. The molecule has 0 aromatic heterocycles. The van der Waals surface area contributed by atoms with Crippen molar-refractivity contribution < 1.29 is 28.5 Å². The van der Waals surface area contributed by atoms with Gasteiger partial charge in [0.05, 0.1) is 24.6 Å². The van der Waals surface area contributed by atoms with Gasteiger partial charge in [0, 0.05) is 5.56 Å². The lowest BCUT2D eigenvalue weighted by Crippen LogP contribution is -2.31. The maximum absolute atomic E-state index is 12.9. The standard InChI is InChI=1S/C21H24N4O6S2/c1-5-29-19(26)13-15(22)23-18(33-21(13)32-4)14(20(27)30-6-2)17-25-24-16(31-17)11-7-9-12(28-3)10-8-11/h7-10,18,25H,5-6H2,1-4H3,(H2,22,23)/b17-14+. The van der Waals surface area contributed by atoms with Crippen LogP contribution in [-0.2, 0) is 23.8 Å². The van der Waals surface area contributed by atoms with Crippen molar-refractivity contribution in [1.29, 1.82) is 0 Å². The van der Waals surface area contributed by atoms with E-state index in [1.54, 1.807) is 51.5 Å². The first-order valence-electron chi connectivity index (χ1n) is 9.96. The van der Waals surface area contributed by atoms with Gasteiger partial charge in [-0.25, -0.2) is 20.0 Å². The van der Waals surface area contributed by atoms with Gasteiger partial charge in [-0.2, -0.15) is 0 Å². The smallest absolute Gasteiger partial charge is 0.343 e. The summed E-state index contributed by atoms with van der Waals surface area (Å²) in [7, 11) is 1.57. The highest BCUT2D eigenvalue weighted by Gasteiger charge is 2.37. The molecule has 0 bridgehead atoms. The van der Waals surface area contributed by atoms with Gasteiger partial charge in [0.25, 0.3) is 0 Å². The number of thioether (sulfide) groups is 2. The Labute approximate surface area is 199 Å². The van der Waals surface area contributed by atoms with Gasteiger partial charge in [-0.15, -0.1) is 16.9 Å². The highest BCUT2D eigenvalue weighted by Crippen LogP contribution is 2.41. The number of rotatable bonds is 8. The Balaban J connectivity index is 1.93. The average Bonchev–Trinajstić information content (AvgIpc) is 3.28. The summed E-state index contributed by atoms with van der Waals surface area (Å²) in [4.78, 5) is 29.6. The second-order valence-corrected chi connectivity index (χ2v) is 8.56. The van der Waals surface area contributed by atoms with Gasteiger partial charge in [0.1, 0.15) is 28.1 Å². The van der Waals surface area contributed by atoms with Gasteiger partial charge >= 0.3 is 11.9 Å². The number of ether oxygens (including phenoxy) is 4. The molecular weight excluding hydrogens is 468 g/mol. The van der Waals surface area contributed by atoms with Crippen molar-refractivity contribution in [2.24, 2.45) is 15.8 Å². The lowest BCUT2D eigenvalue weighted by atomic mass is 10.2. The summed E-state index contributed by atoms with van der Waals surface area (Å²) in [6.45, 7) is 3.75. The topological polar surface area (TPSA) is 134 Å². The second-order valence-electron chi connectivity index (χ2n) is 6.39. The Morgan fingerprint density at radius 2 is 1.91 bits per heavy atom. The number of nitrogens with one attached hydrogen (secondary N) is 1. The molecule has 33 heavy (non-hydrogen) atoms. The van der Waals surface area contributed by atoms with Crippen LogP contribution in [0.15, 0.2) is 55.6 Å². The molecule has 0 fully saturated rings. The number of carbonyl (C=O) groups is 2. The number of methoxy groups -OCH3 is 1. The van der Waals surface area contributed by atoms with Gasteiger partial charge < -0.3 is 24.7 Å². The first-order valence-corrected chi connectivity index (χ1v) is 12.1. The molecule has 2 heterocycles. The normalized spacial score (nSPS) is 19.1. The van der Waals surface area contributed by atoms with Crippen LogP contribution in [-0.4, -0.2) is 55.6 Å². The molecule has 3 N–H and O–H groups in total. The quantitative estimate of drug-likeness (QED) is 0.411. The van der Waals surface area contributed by atoms with Gasteiger partial charge in [0.15, 0.2) is 0 Å². The lowest BCUT2D eigenvalue weighted by Gasteiger charge is -2.23. The van der Waals surface area contributed by atoms with Gasteiger partial charge in [0.2, 0.25) is 11.8 Å². The third kappa shape index (κ3) is 5.45. The largest absolute Gasteiger partial charge is 0.497 e. The van der Waals surface area contributed by atoms with Crippen molar-refractivity contribution in [2.75, 3.05) is 26.6 Å². The summed E-state index contributed by atoms with van der Waals surface area (Å²) >= 11 is 2.48. The van der Waals surface area contributed by atoms with Crippen LogP contribution in [0.2, 0.25) is 0 Å². The van der Waals surface area contributed by atoms with Crippen LogP contribution in [0.25, 0.3) is 0 Å². The Hall–Kier alpha value is -3.12. The second kappa shape index (κ2) is 11.1. The van der Waals surface area contributed by atoms with Crippen molar-refractivity contribution in [1.82, 2.24) is 5.43 Å². The number of hydrogen-bond acceptors (Lipinski definition) is 12. The molecule has 0 saturated heterocycles. The monoisotopic (exact) mass is 492 g/mol. The SMILES string of the molecule is CCOC(=O)C1=C(SC)SC(/C(C(=O)OCC)=C2/NN=C(c3ccc(OC)cc3)O2)N=C1N.